The van der Waals surface area contributed by atoms with Crippen molar-refractivity contribution in [2.75, 3.05) is 0 Å². The summed E-state index contributed by atoms with van der Waals surface area (Å²) in [6, 6.07) is 10.4. The lowest BCUT2D eigenvalue weighted by molar-refractivity contribution is -0.134. The van der Waals surface area contributed by atoms with E-state index in [1.165, 1.54) is 35.3 Å². The van der Waals surface area contributed by atoms with Crippen LogP contribution in [0, 0.1) is 11.8 Å². The number of thiophene rings is 1. The predicted octanol–water partition coefficient (Wildman–Crippen LogP) is 6.20. The van der Waals surface area contributed by atoms with Crippen molar-refractivity contribution in [1.29, 1.82) is 0 Å². The van der Waals surface area contributed by atoms with Crippen LogP contribution >= 0.6 is 11.3 Å². The molecule has 3 heteroatoms. The maximum atomic E-state index is 11.6. The van der Waals surface area contributed by atoms with Crippen LogP contribution in [-0.4, -0.2) is 5.97 Å². The molecular weight excluding hydrogens is 352 g/mol. The van der Waals surface area contributed by atoms with Crippen molar-refractivity contribution in [3.8, 4) is 16.9 Å². The van der Waals surface area contributed by atoms with Gasteiger partial charge in [0, 0.05) is 12.0 Å². The molecule has 3 rings (SSSR count). The fourth-order valence-corrected chi connectivity index (χ4v) is 4.34. The number of ether oxygens (including phenoxy) is 1. The summed E-state index contributed by atoms with van der Waals surface area (Å²) in [6.07, 6.45) is 3.65. The molecule has 0 unspecified atom stereocenters. The van der Waals surface area contributed by atoms with Crippen LogP contribution < -0.4 is 4.74 Å². The van der Waals surface area contributed by atoms with E-state index in [-0.39, 0.29) is 16.8 Å². The van der Waals surface area contributed by atoms with E-state index in [0.29, 0.717) is 11.5 Å². The molecule has 0 radical (unpaired) electrons. The largest absolute Gasteiger partial charge is 0.415 e. The van der Waals surface area contributed by atoms with Crippen molar-refractivity contribution in [1.82, 2.24) is 0 Å². The Balaban J connectivity index is 1.82. The summed E-state index contributed by atoms with van der Waals surface area (Å²) in [4.78, 5) is 12.5. The second-order valence-corrected chi connectivity index (χ2v) is 9.67. The van der Waals surface area contributed by atoms with Gasteiger partial charge in [-0.15, -0.1) is 0 Å². The Kier molecular flexibility index (Phi) is 5.49. The first-order chi connectivity index (χ1) is 12.7. The molecule has 1 aliphatic rings. The van der Waals surface area contributed by atoms with E-state index < -0.39 is 0 Å². The van der Waals surface area contributed by atoms with Gasteiger partial charge in [-0.1, -0.05) is 63.9 Å². The highest BCUT2D eigenvalue weighted by atomic mass is 32.1. The third-order valence-electron chi connectivity index (χ3n) is 5.43. The average Bonchev–Trinajstić information content (AvgIpc) is 3.05. The van der Waals surface area contributed by atoms with Gasteiger partial charge in [-0.25, -0.2) is 0 Å². The van der Waals surface area contributed by atoms with Gasteiger partial charge in [0.2, 0.25) is 0 Å². The van der Waals surface area contributed by atoms with E-state index in [1.54, 1.807) is 0 Å². The first kappa shape index (κ1) is 19.7. The zero-order chi connectivity index (χ0) is 19.7. The Bertz CT molecular complexity index is 906. The first-order valence-corrected chi connectivity index (χ1v) is 10.5. The van der Waals surface area contributed by atoms with E-state index in [1.807, 2.05) is 19.1 Å². The van der Waals surface area contributed by atoms with E-state index in [0.717, 1.165) is 16.9 Å². The van der Waals surface area contributed by atoms with E-state index >= 15 is 0 Å². The third kappa shape index (κ3) is 4.45. The predicted molar refractivity (Wildman–Crippen MR) is 113 cm³/mol. The maximum absolute atomic E-state index is 11.6. The number of hydrogen-bond acceptors (Lipinski definition) is 3. The molecule has 142 valence electrons. The Morgan fingerprint density at radius 2 is 1.74 bits per heavy atom. The molecule has 0 spiro atoms. The fraction of sp³-hybridized carbons (Fsp3) is 0.458. The van der Waals surface area contributed by atoms with Gasteiger partial charge in [0.25, 0.3) is 0 Å². The van der Waals surface area contributed by atoms with Crippen LogP contribution in [0.1, 0.15) is 81.9 Å². The zero-order valence-electron chi connectivity index (χ0n) is 16.9. The van der Waals surface area contributed by atoms with Gasteiger partial charge >= 0.3 is 5.97 Å². The number of benzene rings is 1. The highest BCUT2D eigenvalue weighted by Crippen LogP contribution is 2.45. The molecule has 0 N–H and O–H groups in total. The van der Waals surface area contributed by atoms with Gasteiger partial charge in [-0.2, -0.15) is 0 Å². The first-order valence-electron chi connectivity index (χ1n) is 9.69. The quantitative estimate of drug-likeness (QED) is 0.468. The van der Waals surface area contributed by atoms with Gasteiger partial charge in [-0.05, 0) is 65.5 Å². The van der Waals surface area contributed by atoms with Gasteiger partial charge in [0.05, 0.1) is 4.88 Å². The zero-order valence-corrected chi connectivity index (χ0v) is 17.8. The minimum atomic E-state index is -0.182. The Morgan fingerprint density at radius 3 is 2.44 bits per heavy atom. The number of carbonyl (C=O) groups excluding carboxylic acids is 1. The van der Waals surface area contributed by atoms with Crippen LogP contribution in [0.2, 0.25) is 0 Å². The Morgan fingerprint density at radius 1 is 1.04 bits per heavy atom. The summed E-state index contributed by atoms with van der Waals surface area (Å²) in [5, 5.41) is 0.617. The molecule has 0 bridgehead atoms. The van der Waals surface area contributed by atoms with Gasteiger partial charge in [-0.3, -0.25) is 4.79 Å². The summed E-state index contributed by atoms with van der Waals surface area (Å²) in [5.41, 5.74) is 4.32. The van der Waals surface area contributed by atoms with Crippen LogP contribution in [0.25, 0.3) is 0 Å². The molecule has 27 heavy (non-hydrogen) atoms. The van der Waals surface area contributed by atoms with E-state index in [4.69, 9.17) is 4.74 Å². The Labute approximate surface area is 167 Å². The van der Waals surface area contributed by atoms with Crippen molar-refractivity contribution in [3.05, 3.63) is 51.9 Å². The number of carbonyl (C=O) groups is 1. The summed E-state index contributed by atoms with van der Waals surface area (Å²) in [7, 11) is 0. The molecule has 1 aromatic carbocycles. The molecule has 1 aromatic heterocycles. The smallest absolute Gasteiger partial charge is 0.311 e. The van der Waals surface area contributed by atoms with Crippen LogP contribution in [-0.2, 0) is 15.6 Å². The second-order valence-electron chi connectivity index (χ2n) is 8.62. The van der Waals surface area contributed by atoms with Crippen LogP contribution in [0.15, 0.2) is 30.3 Å². The van der Waals surface area contributed by atoms with Gasteiger partial charge in [0.15, 0.2) is 5.06 Å². The lowest BCUT2D eigenvalue weighted by atomic mass is 9.63. The average molecular weight is 381 g/mol. The molecule has 2 nitrogen and oxygen atoms in total. The summed E-state index contributed by atoms with van der Waals surface area (Å²) in [5.74, 6) is 6.32. The molecule has 0 aliphatic heterocycles. The number of hydrogen-bond donors (Lipinski definition) is 0. The number of rotatable bonds is 3. The van der Waals surface area contributed by atoms with Crippen molar-refractivity contribution < 1.29 is 9.53 Å². The molecule has 0 fully saturated rings. The minimum Gasteiger partial charge on any atom is -0.415 e. The molecule has 0 amide bonds. The summed E-state index contributed by atoms with van der Waals surface area (Å²) >= 11 is 1.42. The van der Waals surface area contributed by atoms with E-state index in [2.05, 4.69) is 57.7 Å². The van der Waals surface area contributed by atoms with Crippen molar-refractivity contribution in [2.45, 2.75) is 71.1 Å². The minimum absolute atomic E-state index is 0.182. The van der Waals surface area contributed by atoms with Crippen LogP contribution in [0.4, 0.5) is 0 Å². The monoisotopic (exact) mass is 380 g/mol. The van der Waals surface area contributed by atoms with Gasteiger partial charge in [0.1, 0.15) is 0 Å². The Hall–Kier alpha value is -2.05. The maximum Gasteiger partial charge on any atom is 0.311 e. The molecule has 0 saturated heterocycles. The second kappa shape index (κ2) is 7.52. The normalized spacial score (nSPS) is 16.8. The van der Waals surface area contributed by atoms with Crippen LogP contribution in [0.3, 0.4) is 0 Å². The molecular formula is C24H28O2S. The summed E-state index contributed by atoms with van der Waals surface area (Å²) in [6.45, 7) is 11.3. The molecule has 2 aromatic rings. The number of fused-ring (bicyclic) bond motifs is 1. The highest BCUT2D eigenvalue weighted by Gasteiger charge is 2.36. The SMILES string of the molecule is CCCC(=O)Oc1ccc(C#Cc2ccc3c(c2)C(C)(C)CCC3(C)C)s1. The van der Waals surface area contributed by atoms with Gasteiger partial charge < -0.3 is 4.74 Å². The van der Waals surface area contributed by atoms with Crippen molar-refractivity contribution in [2.24, 2.45) is 0 Å². The lowest BCUT2D eigenvalue weighted by Crippen LogP contribution is -2.33. The highest BCUT2D eigenvalue weighted by molar-refractivity contribution is 7.14. The number of esters is 1. The third-order valence-corrected chi connectivity index (χ3v) is 6.31. The molecule has 1 aliphatic carbocycles. The topological polar surface area (TPSA) is 26.3 Å². The van der Waals surface area contributed by atoms with Crippen molar-refractivity contribution >= 4 is 17.3 Å². The molecule has 1 heterocycles. The summed E-state index contributed by atoms with van der Waals surface area (Å²) < 4.78 is 5.32. The lowest BCUT2D eigenvalue weighted by Gasteiger charge is -2.41. The van der Waals surface area contributed by atoms with Crippen LogP contribution in [0.5, 0.6) is 5.06 Å². The fourth-order valence-electron chi connectivity index (χ4n) is 3.61. The van der Waals surface area contributed by atoms with E-state index in [9.17, 15) is 4.79 Å². The molecule has 0 saturated carbocycles. The standard InChI is InChI=1S/C24H28O2S/c1-6-7-21(25)26-22-13-11-18(27-22)10-8-17-9-12-19-20(16-17)24(4,5)15-14-23(19,2)3/h9,11-13,16H,6-7,14-15H2,1-5H3. The van der Waals surface area contributed by atoms with Crippen molar-refractivity contribution in [3.63, 3.8) is 0 Å². The molecule has 0 atom stereocenters.